The third-order valence-corrected chi connectivity index (χ3v) is 6.86. The molecule has 1 aromatic heterocycles. The second kappa shape index (κ2) is 6.43. The predicted molar refractivity (Wildman–Crippen MR) is 96.9 cm³/mol. The summed E-state index contributed by atoms with van der Waals surface area (Å²) < 4.78 is 13.6. The maximum absolute atomic E-state index is 13.6. The van der Waals surface area contributed by atoms with E-state index in [1.165, 1.54) is 31.4 Å². The van der Waals surface area contributed by atoms with Crippen LogP contribution in [0.4, 0.5) is 4.39 Å². The molecule has 2 fully saturated rings. The second-order valence-electron chi connectivity index (χ2n) is 6.94. The summed E-state index contributed by atoms with van der Waals surface area (Å²) in [6.07, 6.45) is 5.24. The van der Waals surface area contributed by atoms with Crippen LogP contribution in [0.15, 0.2) is 18.2 Å². The normalized spacial score (nSPS) is 24.2. The molecule has 1 aliphatic heterocycles. The summed E-state index contributed by atoms with van der Waals surface area (Å²) >= 11 is 2.03. The number of aryl methyl sites for hydroxylation is 1. The highest BCUT2D eigenvalue weighted by molar-refractivity contribution is 8.00. The van der Waals surface area contributed by atoms with Gasteiger partial charge in [0.1, 0.15) is 5.82 Å². The zero-order valence-electron chi connectivity index (χ0n) is 14.0. The summed E-state index contributed by atoms with van der Waals surface area (Å²) in [4.78, 5) is 18.4. The van der Waals surface area contributed by atoms with Crippen LogP contribution in [-0.4, -0.2) is 39.4 Å². The summed E-state index contributed by atoms with van der Waals surface area (Å²) in [6.45, 7) is 2.82. The Morgan fingerprint density at radius 2 is 2.21 bits per heavy atom. The van der Waals surface area contributed by atoms with E-state index in [0.29, 0.717) is 17.7 Å². The van der Waals surface area contributed by atoms with E-state index in [0.717, 1.165) is 40.9 Å². The fraction of sp³-hybridized carbons (Fsp3) is 0.526. The van der Waals surface area contributed by atoms with Crippen molar-refractivity contribution in [1.29, 1.82) is 0 Å². The van der Waals surface area contributed by atoms with Crippen LogP contribution in [0, 0.1) is 12.7 Å². The van der Waals surface area contributed by atoms with Crippen molar-refractivity contribution in [3.05, 3.63) is 35.3 Å². The van der Waals surface area contributed by atoms with Crippen LogP contribution < -0.4 is 0 Å². The average Bonchev–Trinajstić information content (AvgIpc) is 2.89. The lowest BCUT2D eigenvalue weighted by atomic mass is 9.92. The summed E-state index contributed by atoms with van der Waals surface area (Å²) in [5.74, 6) is 0.978. The van der Waals surface area contributed by atoms with Crippen molar-refractivity contribution in [2.24, 2.45) is 0 Å². The highest BCUT2D eigenvalue weighted by atomic mass is 32.2. The number of benzene rings is 1. The molecule has 0 bridgehead atoms. The molecular weight excluding hydrogens is 323 g/mol. The number of hydrogen-bond acceptors (Lipinski definition) is 2. The molecule has 1 saturated heterocycles. The van der Waals surface area contributed by atoms with Gasteiger partial charge < -0.3 is 9.88 Å². The largest absolute Gasteiger partial charge is 0.358 e. The number of fused-ring (bicyclic) bond motifs is 2. The zero-order chi connectivity index (χ0) is 16.7. The Balaban J connectivity index is 1.59. The number of halogens is 1. The van der Waals surface area contributed by atoms with Crippen LogP contribution in [-0.2, 0) is 11.2 Å². The summed E-state index contributed by atoms with van der Waals surface area (Å²) in [6, 6.07) is 5.14. The monoisotopic (exact) mass is 346 g/mol. The number of hydrogen-bond donors (Lipinski definition) is 1. The maximum atomic E-state index is 13.6. The lowest BCUT2D eigenvalue weighted by molar-refractivity contribution is -0.133. The molecule has 0 spiro atoms. The van der Waals surface area contributed by atoms with Crippen molar-refractivity contribution in [2.45, 2.75) is 50.3 Å². The summed E-state index contributed by atoms with van der Waals surface area (Å²) in [7, 11) is 0. The number of aromatic amines is 1. The molecule has 1 N–H and O–H groups in total. The Morgan fingerprint density at radius 1 is 1.38 bits per heavy atom. The molecule has 2 aromatic rings. The zero-order valence-corrected chi connectivity index (χ0v) is 14.8. The van der Waals surface area contributed by atoms with E-state index < -0.39 is 0 Å². The van der Waals surface area contributed by atoms with Gasteiger partial charge >= 0.3 is 0 Å². The van der Waals surface area contributed by atoms with Gasteiger partial charge in [0.25, 0.3) is 0 Å². The number of H-pyrrole nitrogens is 1. The number of thioether (sulfide) groups is 1. The molecule has 128 valence electrons. The fourth-order valence-corrected chi connectivity index (χ4v) is 5.68. The van der Waals surface area contributed by atoms with Crippen molar-refractivity contribution in [3.63, 3.8) is 0 Å². The topological polar surface area (TPSA) is 36.1 Å². The highest BCUT2D eigenvalue weighted by Gasteiger charge is 2.36. The van der Waals surface area contributed by atoms with Crippen molar-refractivity contribution in [3.8, 4) is 0 Å². The molecule has 5 heteroatoms. The van der Waals surface area contributed by atoms with Gasteiger partial charge in [-0.15, -0.1) is 0 Å². The summed E-state index contributed by atoms with van der Waals surface area (Å²) in [5, 5.41) is 1.45. The Hall–Kier alpha value is -1.49. The molecule has 4 rings (SSSR count). The molecule has 1 aliphatic carbocycles. The SMILES string of the molecule is Cc1[nH]c2ccc(F)cc2c1CC(=O)N1CCS[C@@H]2CCCC[C@@H]21. The van der Waals surface area contributed by atoms with Crippen LogP contribution in [0.5, 0.6) is 0 Å². The lowest BCUT2D eigenvalue weighted by Crippen LogP contribution is -2.52. The molecular formula is C19H23FN2OS. The first-order valence-electron chi connectivity index (χ1n) is 8.81. The molecule has 1 saturated carbocycles. The van der Waals surface area contributed by atoms with E-state index in [1.54, 1.807) is 6.07 Å². The highest BCUT2D eigenvalue weighted by Crippen LogP contribution is 2.36. The summed E-state index contributed by atoms with van der Waals surface area (Å²) in [5.41, 5.74) is 2.82. The van der Waals surface area contributed by atoms with Crippen molar-refractivity contribution in [1.82, 2.24) is 9.88 Å². The quantitative estimate of drug-likeness (QED) is 0.891. The first-order chi connectivity index (χ1) is 11.6. The fourth-order valence-electron chi connectivity index (χ4n) is 4.24. The van der Waals surface area contributed by atoms with Crippen LogP contribution in [0.1, 0.15) is 36.9 Å². The number of amides is 1. The number of aromatic nitrogens is 1. The number of rotatable bonds is 2. The molecule has 2 aliphatic rings. The van der Waals surface area contributed by atoms with Crippen LogP contribution in [0.3, 0.4) is 0 Å². The lowest BCUT2D eigenvalue weighted by Gasteiger charge is -2.43. The first-order valence-corrected chi connectivity index (χ1v) is 9.86. The van der Waals surface area contributed by atoms with E-state index in [2.05, 4.69) is 9.88 Å². The van der Waals surface area contributed by atoms with Crippen LogP contribution in [0.25, 0.3) is 10.9 Å². The van der Waals surface area contributed by atoms with Gasteiger partial charge in [-0.2, -0.15) is 11.8 Å². The second-order valence-corrected chi connectivity index (χ2v) is 8.29. The van der Waals surface area contributed by atoms with Gasteiger partial charge in [-0.05, 0) is 43.5 Å². The maximum Gasteiger partial charge on any atom is 0.227 e. The number of carbonyl (C=O) groups excluding carboxylic acids is 1. The first kappa shape index (κ1) is 16.0. The molecule has 0 unspecified atom stereocenters. The molecule has 2 atom stereocenters. The standard InChI is InChI=1S/C19H23FN2OS/c1-12-14(15-10-13(20)6-7-16(15)21-12)11-19(23)22-8-9-24-18-5-3-2-4-17(18)22/h6-7,10,17-18,21H,2-5,8-9,11H2,1H3/t17-,18+/m0/s1. The number of nitrogens with one attached hydrogen (secondary N) is 1. The Kier molecular flexibility index (Phi) is 4.29. The van der Waals surface area contributed by atoms with Gasteiger partial charge in [0.2, 0.25) is 5.91 Å². The minimum absolute atomic E-state index is 0.195. The van der Waals surface area contributed by atoms with E-state index in [1.807, 2.05) is 18.7 Å². The molecule has 24 heavy (non-hydrogen) atoms. The number of carbonyl (C=O) groups is 1. The van der Waals surface area contributed by atoms with E-state index in [9.17, 15) is 9.18 Å². The van der Waals surface area contributed by atoms with Gasteiger partial charge in [0, 0.05) is 40.2 Å². The molecule has 1 aromatic carbocycles. The third-order valence-electron chi connectivity index (χ3n) is 5.46. The van der Waals surface area contributed by atoms with Gasteiger partial charge in [-0.1, -0.05) is 12.8 Å². The predicted octanol–water partition coefficient (Wildman–Crippen LogP) is 4.04. The van der Waals surface area contributed by atoms with E-state index >= 15 is 0 Å². The minimum Gasteiger partial charge on any atom is -0.358 e. The smallest absolute Gasteiger partial charge is 0.227 e. The van der Waals surface area contributed by atoms with Gasteiger partial charge in [-0.3, -0.25) is 4.79 Å². The molecule has 0 radical (unpaired) electrons. The van der Waals surface area contributed by atoms with Gasteiger partial charge in [0.05, 0.1) is 6.42 Å². The van der Waals surface area contributed by atoms with Gasteiger partial charge in [-0.25, -0.2) is 4.39 Å². The Labute approximate surface area is 146 Å². The molecule has 2 heterocycles. The third kappa shape index (κ3) is 2.83. The van der Waals surface area contributed by atoms with Crippen molar-refractivity contribution >= 4 is 28.6 Å². The molecule has 3 nitrogen and oxygen atoms in total. The van der Waals surface area contributed by atoms with Gasteiger partial charge in [0.15, 0.2) is 0 Å². The van der Waals surface area contributed by atoms with Crippen molar-refractivity contribution < 1.29 is 9.18 Å². The van der Waals surface area contributed by atoms with Crippen LogP contribution in [0.2, 0.25) is 0 Å². The Morgan fingerprint density at radius 3 is 3.08 bits per heavy atom. The van der Waals surface area contributed by atoms with E-state index in [-0.39, 0.29) is 11.7 Å². The molecule has 1 amide bonds. The number of nitrogens with zero attached hydrogens (tertiary/aromatic N) is 1. The minimum atomic E-state index is -0.253. The van der Waals surface area contributed by atoms with Crippen LogP contribution >= 0.6 is 11.8 Å². The van der Waals surface area contributed by atoms with E-state index in [4.69, 9.17) is 0 Å². The Bertz CT molecular complexity index is 770. The average molecular weight is 346 g/mol. The van der Waals surface area contributed by atoms with Crippen molar-refractivity contribution in [2.75, 3.05) is 12.3 Å².